The molecule has 0 fully saturated rings. The van der Waals surface area contributed by atoms with Crippen molar-refractivity contribution in [1.82, 2.24) is 35.8 Å². The molecule has 25 heavy (non-hydrogen) atoms. The Labute approximate surface area is 146 Å². The van der Waals surface area contributed by atoms with E-state index in [0.717, 1.165) is 56.6 Å². The lowest BCUT2D eigenvalue weighted by atomic mass is 9.95. The van der Waals surface area contributed by atoms with Crippen molar-refractivity contribution in [2.75, 3.05) is 6.54 Å². The third-order valence-corrected chi connectivity index (χ3v) is 5.21. The molecule has 0 spiro atoms. The molecule has 0 saturated heterocycles. The zero-order chi connectivity index (χ0) is 17.2. The van der Waals surface area contributed by atoms with Gasteiger partial charge in [0.25, 0.3) is 0 Å². The van der Waals surface area contributed by atoms with Gasteiger partial charge in [0.15, 0.2) is 5.82 Å². The fourth-order valence-electron chi connectivity index (χ4n) is 3.78. The Morgan fingerprint density at radius 3 is 3.28 bits per heavy atom. The highest BCUT2D eigenvalue weighted by molar-refractivity contribution is 5.82. The van der Waals surface area contributed by atoms with E-state index in [4.69, 9.17) is 0 Å². The highest BCUT2D eigenvalue weighted by atomic mass is 16.1. The molecule has 0 bridgehead atoms. The summed E-state index contributed by atoms with van der Waals surface area (Å²) in [4.78, 5) is 17.3. The zero-order valence-electron chi connectivity index (χ0n) is 14.5. The van der Waals surface area contributed by atoms with Crippen LogP contribution in [0.1, 0.15) is 53.4 Å². The summed E-state index contributed by atoms with van der Waals surface area (Å²) in [5.41, 5.74) is 4.71. The van der Waals surface area contributed by atoms with Crippen LogP contribution in [-0.4, -0.2) is 37.6 Å². The summed E-state index contributed by atoms with van der Waals surface area (Å²) in [5.74, 6) is 0.417. The summed E-state index contributed by atoms with van der Waals surface area (Å²) in [5, 5.41) is 18.3. The summed E-state index contributed by atoms with van der Waals surface area (Å²) in [6, 6.07) is 0. The number of carbonyl (C=O) groups excluding carboxylic acids is 1. The van der Waals surface area contributed by atoms with Crippen LogP contribution < -0.4 is 10.6 Å². The maximum atomic E-state index is 12.8. The van der Waals surface area contributed by atoms with Crippen molar-refractivity contribution in [3.8, 4) is 0 Å². The summed E-state index contributed by atoms with van der Waals surface area (Å²) >= 11 is 0. The van der Waals surface area contributed by atoms with E-state index < -0.39 is 0 Å². The van der Waals surface area contributed by atoms with Crippen molar-refractivity contribution in [2.45, 2.75) is 58.2 Å². The minimum absolute atomic E-state index is 0.00360. The molecule has 0 unspecified atom stereocenters. The summed E-state index contributed by atoms with van der Waals surface area (Å²) in [6.45, 7) is 5.12. The van der Waals surface area contributed by atoms with E-state index >= 15 is 0 Å². The van der Waals surface area contributed by atoms with Crippen LogP contribution in [-0.2, 0) is 30.8 Å². The lowest BCUT2D eigenvalue weighted by Crippen LogP contribution is -2.32. The van der Waals surface area contributed by atoms with Gasteiger partial charge in [-0.3, -0.25) is 9.78 Å². The molecule has 1 amide bonds. The Hall–Kier alpha value is -2.35. The molecule has 0 aromatic carbocycles. The largest absolute Gasteiger partial charge is 0.351 e. The number of pyridine rings is 1. The van der Waals surface area contributed by atoms with E-state index in [1.54, 1.807) is 4.68 Å². The third kappa shape index (κ3) is 3.13. The molecular formula is C17H23N7O. The van der Waals surface area contributed by atoms with Gasteiger partial charge in [-0.05, 0) is 59.8 Å². The van der Waals surface area contributed by atoms with Crippen molar-refractivity contribution in [2.24, 2.45) is 0 Å². The number of fused-ring (bicyclic) bond motifs is 2. The minimum atomic E-state index is -0.271. The molecule has 8 heteroatoms. The van der Waals surface area contributed by atoms with Crippen LogP contribution in [0.25, 0.3) is 0 Å². The second-order valence-corrected chi connectivity index (χ2v) is 6.78. The molecule has 2 aliphatic heterocycles. The van der Waals surface area contributed by atoms with Crippen molar-refractivity contribution in [1.29, 1.82) is 0 Å². The van der Waals surface area contributed by atoms with Crippen LogP contribution in [0.5, 0.6) is 0 Å². The minimum Gasteiger partial charge on any atom is -0.351 e. The average molecular weight is 341 g/mol. The number of hydrogen-bond acceptors (Lipinski definition) is 6. The SMILES string of the molecule is Cc1ncc2c(c1CNC(=O)[C@@H]1CCCCn3nnnc31)CCNC2. The number of nitrogens with one attached hydrogen (secondary N) is 2. The van der Waals surface area contributed by atoms with Gasteiger partial charge in [0.1, 0.15) is 0 Å². The highest BCUT2D eigenvalue weighted by Crippen LogP contribution is 2.25. The lowest BCUT2D eigenvalue weighted by molar-refractivity contribution is -0.123. The second-order valence-electron chi connectivity index (χ2n) is 6.78. The first-order valence-electron chi connectivity index (χ1n) is 8.94. The van der Waals surface area contributed by atoms with E-state index in [1.807, 2.05) is 13.1 Å². The molecule has 2 N–H and O–H groups in total. The molecule has 1 atom stereocenters. The topological polar surface area (TPSA) is 97.6 Å². The quantitative estimate of drug-likeness (QED) is 0.849. The Morgan fingerprint density at radius 1 is 1.44 bits per heavy atom. The molecule has 2 aliphatic rings. The predicted molar refractivity (Wildman–Crippen MR) is 90.6 cm³/mol. The number of nitrogens with zero attached hydrogens (tertiary/aromatic N) is 5. The molecule has 132 valence electrons. The van der Waals surface area contributed by atoms with Gasteiger partial charge in [0.05, 0.1) is 5.92 Å². The van der Waals surface area contributed by atoms with Crippen molar-refractivity contribution >= 4 is 5.91 Å². The molecular weight excluding hydrogens is 318 g/mol. The van der Waals surface area contributed by atoms with E-state index in [9.17, 15) is 4.79 Å². The van der Waals surface area contributed by atoms with Crippen molar-refractivity contribution < 1.29 is 4.79 Å². The lowest BCUT2D eigenvalue weighted by Gasteiger charge is -2.22. The van der Waals surface area contributed by atoms with Gasteiger partial charge in [-0.25, -0.2) is 4.68 Å². The standard InChI is InChI=1S/C17H23N7O/c1-11-15(13-5-6-18-8-12(13)9-19-11)10-20-17(25)14-4-2-3-7-24-16(14)21-22-23-24/h9,14,18H,2-8,10H2,1H3,(H,20,25)/t14-/m1/s1. The molecule has 2 aromatic heterocycles. The summed E-state index contributed by atoms with van der Waals surface area (Å²) in [6.07, 6.45) is 5.72. The first-order chi connectivity index (χ1) is 12.2. The fourth-order valence-corrected chi connectivity index (χ4v) is 3.78. The van der Waals surface area contributed by atoms with Crippen LogP contribution in [0.3, 0.4) is 0 Å². The monoisotopic (exact) mass is 341 g/mol. The molecule has 0 saturated carbocycles. The Kier molecular flexibility index (Phi) is 4.44. The third-order valence-electron chi connectivity index (χ3n) is 5.21. The van der Waals surface area contributed by atoms with Crippen molar-refractivity contribution in [3.63, 3.8) is 0 Å². The van der Waals surface area contributed by atoms with Gasteiger partial charge in [0, 0.05) is 31.5 Å². The van der Waals surface area contributed by atoms with Gasteiger partial charge in [-0.15, -0.1) is 5.10 Å². The predicted octanol–water partition coefficient (Wildman–Crippen LogP) is 0.606. The van der Waals surface area contributed by atoms with Gasteiger partial charge in [0.2, 0.25) is 5.91 Å². The molecule has 4 heterocycles. The normalized spacial score (nSPS) is 19.6. The number of hydrogen-bond donors (Lipinski definition) is 2. The first-order valence-corrected chi connectivity index (χ1v) is 8.94. The van der Waals surface area contributed by atoms with E-state index in [0.29, 0.717) is 12.4 Å². The number of rotatable bonds is 3. The Morgan fingerprint density at radius 2 is 2.36 bits per heavy atom. The van der Waals surface area contributed by atoms with Crippen LogP contribution >= 0.6 is 0 Å². The molecule has 4 rings (SSSR count). The van der Waals surface area contributed by atoms with Gasteiger partial charge >= 0.3 is 0 Å². The summed E-state index contributed by atoms with van der Waals surface area (Å²) in [7, 11) is 0. The van der Waals surface area contributed by atoms with Crippen LogP contribution in [0, 0.1) is 6.92 Å². The van der Waals surface area contributed by atoms with Crippen LogP contribution in [0.2, 0.25) is 0 Å². The maximum Gasteiger partial charge on any atom is 0.231 e. The van der Waals surface area contributed by atoms with Gasteiger partial charge in [-0.2, -0.15) is 0 Å². The Bertz CT molecular complexity index is 785. The maximum absolute atomic E-state index is 12.8. The molecule has 0 aliphatic carbocycles. The van der Waals surface area contributed by atoms with E-state index in [2.05, 4.69) is 31.1 Å². The van der Waals surface area contributed by atoms with Crippen LogP contribution in [0.15, 0.2) is 6.20 Å². The van der Waals surface area contributed by atoms with E-state index in [-0.39, 0.29) is 11.8 Å². The zero-order valence-corrected chi connectivity index (χ0v) is 14.5. The number of aryl methyl sites for hydroxylation is 2. The molecule has 8 nitrogen and oxygen atoms in total. The van der Waals surface area contributed by atoms with E-state index in [1.165, 1.54) is 11.1 Å². The Balaban J connectivity index is 1.52. The van der Waals surface area contributed by atoms with Gasteiger partial charge < -0.3 is 10.6 Å². The second kappa shape index (κ2) is 6.87. The van der Waals surface area contributed by atoms with Gasteiger partial charge in [-0.1, -0.05) is 6.42 Å². The number of amides is 1. The van der Waals surface area contributed by atoms with Crippen molar-refractivity contribution in [3.05, 3.63) is 34.4 Å². The number of tetrazole rings is 1. The fraction of sp³-hybridized carbons (Fsp3) is 0.588. The molecule has 2 aromatic rings. The molecule has 0 radical (unpaired) electrons. The summed E-state index contributed by atoms with van der Waals surface area (Å²) < 4.78 is 1.76. The number of aromatic nitrogens is 5. The first kappa shape index (κ1) is 16.1. The number of carbonyl (C=O) groups is 1. The van der Waals surface area contributed by atoms with Crippen LogP contribution in [0.4, 0.5) is 0 Å². The smallest absolute Gasteiger partial charge is 0.231 e. The highest BCUT2D eigenvalue weighted by Gasteiger charge is 2.28. The average Bonchev–Trinajstić information content (AvgIpc) is 3.00.